The number of rotatable bonds is 4. The highest BCUT2D eigenvalue weighted by molar-refractivity contribution is 5.79. The minimum absolute atomic E-state index is 0.0113. The van der Waals surface area contributed by atoms with Crippen LogP contribution in [0.4, 0.5) is 0 Å². The van der Waals surface area contributed by atoms with Crippen LogP contribution in [0.15, 0.2) is 35.0 Å². The summed E-state index contributed by atoms with van der Waals surface area (Å²) >= 11 is 0. The molecule has 1 amide bonds. The molecule has 2 aromatic rings. The highest BCUT2D eigenvalue weighted by Crippen LogP contribution is 2.41. The van der Waals surface area contributed by atoms with Gasteiger partial charge < -0.3 is 25.4 Å². The fraction of sp³-hybridized carbons (Fsp3) is 0.526. The Labute approximate surface area is 157 Å². The summed E-state index contributed by atoms with van der Waals surface area (Å²) in [7, 11) is 0. The van der Waals surface area contributed by atoms with Crippen molar-refractivity contribution in [3.05, 3.63) is 36.2 Å². The molecule has 3 heterocycles. The third-order valence-corrected chi connectivity index (χ3v) is 5.89. The highest BCUT2D eigenvalue weighted by atomic mass is 16.5. The van der Waals surface area contributed by atoms with E-state index in [0.717, 1.165) is 0 Å². The SMILES string of the molecule is C[C@H]1[C@H](O)[C@@H](O)[C@H]2CNC[C@@H]2[C@H]1C(=O)NCc1cc(-c2ccccn2)no1. The molecule has 4 rings (SSSR count). The van der Waals surface area contributed by atoms with Gasteiger partial charge in [0.05, 0.1) is 24.4 Å². The van der Waals surface area contributed by atoms with Crippen LogP contribution in [0, 0.1) is 23.7 Å². The van der Waals surface area contributed by atoms with Crippen LogP contribution in [-0.2, 0) is 11.3 Å². The molecule has 8 nitrogen and oxygen atoms in total. The summed E-state index contributed by atoms with van der Waals surface area (Å²) in [4.78, 5) is 17.1. The van der Waals surface area contributed by atoms with Crippen LogP contribution < -0.4 is 10.6 Å². The fourth-order valence-electron chi connectivity index (χ4n) is 4.41. The number of fused-ring (bicyclic) bond motifs is 1. The zero-order valence-electron chi connectivity index (χ0n) is 15.1. The molecule has 0 spiro atoms. The van der Waals surface area contributed by atoms with Crippen LogP contribution in [0.25, 0.3) is 11.4 Å². The number of pyridine rings is 1. The Bertz CT molecular complexity index is 796. The van der Waals surface area contributed by atoms with E-state index in [1.165, 1.54) is 0 Å². The summed E-state index contributed by atoms with van der Waals surface area (Å²) in [5, 5.41) is 30.7. The topological polar surface area (TPSA) is 121 Å². The standard InChI is InChI=1S/C19H24N4O4/c1-10-16(12-8-20-9-13(12)18(25)17(10)24)19(26)22-7-11-6-15(23-27-11)14-4-2-3-5-21-14/h2-6,10,12-13,16-18,20,24-25H,7-9H2,1H3,(H,22,26)/t10-,12+,13+,16+,17+,18+/m1/s1. The van der Waals surface area contributed by atoms with Crippen LogP contribution >= 0.6 is 0 Å². The molecule has 1 saturated heterocycles. The van der Waals surface area contributed by atoms with E-state index >= 15 is 0 Å². The molecule has 1 aliphatic carbocycles. The van der Waals surface area contributed by atoms with Crippen LogP contribution in [0.1, 0.15) is 12.7 Å². The maximum Gasteiger partial charge on any atom is 0.224 e. The Hall–Kier alpha value is -2.29. The monoisotopic (exact) mass is 372 g/mol. The van der Waals surface area contributed by atoms with Gasteiger partial charge in [0, 0.05) is 30.6 Å². The summed E-state index contributed by atoms with van der Waals surface area (Å²) in [6.07, 6.45) is -0.0102. The predicted octanol–water partition coefficient (Wildman–Crippen LogP) is 0.176. The van der Waals surface area contributed by atoms with E-state index in [1.54, 1.807) is 12.3 Å². The first-order valence-electron chi connectivity index (χ1n) is 9.28. The number of hydrogen-bond donors (Lipinski definition) is 4. The molecule has 0 unspecified atom stereocenters. The van der Waals surface area contributed by atoms with Crippen molar-refractivity contribution in [2.75, 3.05) is 13.1 Å². The van der Waals surface area contributed by atoms with Crippen LogP contribution in [0.3, 0.4) is 0 Å². The van der Waals surface area contributed by atoms with Crippen molar-refractivity contribution in [3.8, 4) is 11.4 Å². The molecule has 1 saturated carbocycles. The molecule has 2 aliphatic rings. The van der Waals surface area contributed by atoms with Gasteiger partial charge in [-0.2, -0.15) is 0 Å². The van der Waals surface area contributed by atoms with E-state index in [-0.39, 0.29) is 36.1 Å². The predicted molar refractivity (Wildman–Crippen MR) is 96.1 cm³/mol. The Morgan fingerprint density at radius 1 is 1.26 bits per heavy atom. The molecule has 27 heavy (non-hydrogen) atoms. The summed E-state index contributed by atoms with van der Waals surface area (Å²) in [5.74, 6) is -0.371. The van der Waals surface area contributed by atoms with E-state index in [9.17, 15) is 15.0 Å². The molecule has 4 N–H and O–H groups in total. The first kappa shape index (κ1) is 18.1. The van der Waals surface area contributed by atoms with E-state index < -0.39 is 12.2 Å². The average molecular weight is 372 g/mol. The normalized spacial score (nSPS) is 32.9. The maximum absolute atomic E-state index is 12.8. The molecule has 0 radical (unpaired) electrons. The Morgan fingerprint density at radius 2 is 2.07 bits per heavy atom. The van der Waals surface area contributed by atoms with Crippen molar-refractivity contribution in [1.29, 1.82) is 0 Å². The molecule has 0 aromatic carbocycles. The Balaban J connectivity index is 1.43. The largest absolute Gasteiger partial charge is 0.390 e. The average Bonchev–Trinajstić information content (AvgIpc) is 3.35. The quantitative estimate of drug-likeness (QED) is 0.604. The fourth-order valence-corrected chi connectivity index (χ4v) is 4.41. The van der Waals surface area contributed by atoms with E-state index in [1.807, 2.05) is 25.1 Å². The number of carbonyl (C=O) groups excluding carboxylic acids is 1. The van der Waals surface area contributed by atoms with Crippen molar-refractivity contribution >= 4 is 5.91 Å². The molecule has 6 atom stereocenters. The lowest BCUT2D eigenvalue weighted by Crippen LogP contribution is -2.55. The van der Waals surface area contributed by atoms with Crippen molar-refractivity contribution in [2.24, 2.45) is 23.7 Å². The van der Waals surface area contributed by atoms with Crippen LogP contribution in [0.2, 0.25) is 0 Å². The number of aromatic nitrogens is 2. The molecule has 8 heteroatoms. The number of aliphatic hydroxyl groups excluding tert-OH is 2. The van der Waals surface area contributed by atoms with Gasteiger partial charge in [0.1, 0.15) is 5.69 Å². The van der Waals surface area contributed by atoms with Gasteiger partial charge in [-0.1, -0.05) is 18.1 Å². The third-order valence-electron chi connectivity index (χ3n) is 5.89. The van der Waals surface area contributed by atoms with Crippen molar-refractivity contribution < 1.29 is 19.5 Å². The maximum atomic E-state index is 12.8. The molecular weight excluding hydrogens is 348 g/mol. The minimum atomic E-state index is -0.900. The zero-order chi connectivity index (χ0) is 19.0. The second kappa shape index (κ2) is 7.38. The number of carbonyl (C=O) groups is 1. The van der Waals surface area contributed by atoms with E-state index in [4.69, 9.17) is 4.52 Å². The second-order valence-electron chi connectivity index (χ2n) is 7.46. The van der Waals surface area contributed by atoms with Crippen molar-refractivity contribution in [1.82, 2.24) is 20.8 Å². The zero-order valence-corrected chi connectivity index (χ0v) is 15.1. The van der Waals surface area contributed by atoms with E-state index in [2.05, 4.69) is 20.8 Å². The van der Waals surface area contributed by atoms with Crippen LogP contribution in [0.5, 0.6) is 0 Å². The smallest absolute Gasteiger partial charge is 0.224 e. The summed E-state index contributed by atoms with van der Waals surface area (Å²) in [6.45, 7) is 3.32. The second-order valence-corrected chi connectivity index (χ2v) is 7.46. The Morgan fingerprint density at radius 3 is 2.85 bits per heavy atom. The lowest BCUT2D eigenvalue weighted by Gasteiger charge is -2.43. The summed E-state index contributed by atoms with van der Waals surface area (Å²) in [6, 6.07) is 7.29. The number of nitrogens with zero attached hydrogens (tertiary/aromatic N) is 2. The van der Waals surface area contributed by atoms with Crippen molar-refractivity contribution in [3.63, 3.8) is 0 Å². The first-order chi connectivity index (χ1) is 13.1. The molecule has 2 aromatic heterocycles. The van der Waals surface area contributed by atoms with Gasteiger partial charge in [-0.25, -0.2) is 0 Å². The van der Waals surface area contributed by atoms with E-state index in [0.29, 0.717) is 30.2 Å². The van der Waals surface area contributed by atoms with Gasteiger partial charge in [0.15, 0.2) is 5.76 Å². The molecular formula is C19H24N4O4. The number of aliphatic hydroxyl groups is 2. The summed E-state index contributed by atoms with van der Waals surface area (Å²) < 4.78 is 5.30. The first-order valence-corrected chi connectivity index (χ1v) is 9.28. The van der Waals surface area contributed by atoms with Crippen molar-refractivity contribution in [2.45, 2.75) is 25.7 Å². The van der Waals surface area contributed by atoms with Gasteiger partial charge in [0.25, 0.3) is 0 Å². The van der Waals surface area contributed by atoms with Gasteiger partial charge in [-0.05, 0) is 30.5 Å². The minimum Gasteiger partial charge on any atom is -0.390 e. The van der Waals surface area contributed by atoms with Gasteiger partial charge in [-0.15, -0.1) is 0 Å². The number of amides is 1. The van der Waals surface area contributed by atoms with Gasteiger partial charge in [0.2, 0.25) is 5.91 Å². The third kappa shape index (κ3) is 3.36. The lowest BCUT2D eigenvalue weighted by atomic mass is 9.65. The van der Waals surface area contributed by atoms with Gasteiger partial charge >= 0.3 is 0 Å². The Kier molecular flexibility index (Phi) is 4.94. The molecule has 1 aliphatic heterocycles. The number of nitrogens with one attached hydrogen (secondary N) is 2. The molecule has 0 bridgehead atoms. The number of hydrogen-bond acceptors (Lipinski definition) is 7. The molecule has 2 fully saturated rings. The van der Waals surface area contributed by atoms with Gasteiger partial charge in [-0.3, -0.25) is 9.78 Å². The van der Waals surface area contributed by atoms with Crippen LogP contribution in [-0.4, -0.2) is 51.6 Å². The highest BCUT2D eigenvalue weighted by Gasteiger charge is 2.52. The lowest BCUT2D eigenvalue weighted by molar-refractivity contribution is -0.146. The molecule has 144 valence electrons. The summed E-state index contributed by atoms with van der Waals surface area (Å²) in [5.41, 5.74) is 1.32.